The lowest BCUT2D eigenvalue weighted by Crippen LogP contribution is -2.49. The van der Waals surface area contributed by atoms with Crippen molar-refractivity contribution in [2.45, 2.75) is 261 Å². The van der Waals surface area contributed by atoms with Gasteiger partial charge in [-0.15, -0.1) is 16.4 Å². The summed E-state index contributed by atoms with van der Waals surface area (Å²) in [6, 6.07) is 17.2. The van der Waals surface area contributed by atoms with Gasteiger partial charge in [-0.05, 0) is 251 Å². The number of benzene rings is 1. The average Bonchev–Trinajstić information content (AvgIpc) is 1.69. The number of ether oxygens (including phenoxy) is 1. The maximum Gasteiger partial charge on any atom is 0.446 e. The minimum absolute atomic E-state index is 0.0724. The highest BCUT2D eigenvalue weighted by Gasteiger charge is 2.34. The molecule has 1 aromatic carbocycles. The number of alkyl halides is 3. The molecule has 9 aliphatic heterocycles. The Kier molecular flexibility index (Phi) is 52.2. The number of carbonyl (C=O) groups is 1. The SMILES string of the molecule is CC.CC(C)N1CCC1.CC(C)N1CCCC1.CC(C)N1CCCCC1.CC(C)N1CCN(C)CC1.CC(C)N1CCN(C2CC2)CC1.CC(C)N1CCNCC1.CC(C)N1CCOCC1.CC(C)N1CCS(=O)(=O)CC1.CC(C)N1CCS(=O)CC1.O=C(Nc1nnc(-c2ccccc2)o1)c1sccc1SC(F)(F)F. The number of likely N-dealkylation sites (tertiary alicyclic amines) is 3. The van der Waals surface area contributed by atoms with Crippen molar-refractivity contribution in [3.05, 3.63) is 46.7 Å². The predicted octanol–water partition coefficient (Wildman–Crippen LogP) is 13.6. The fraction of sp³-hybridized carbons (Fsp3) is 0.843. The molecule has 1 saturated carbocycles. The zero-order valence-corrected chi connectivity index (χ0v) is 76.5. The number of nitrogens with one attached hydrogen (secondary N) is 2. The van der Waals surface area contributed by atoms with E-state index < -0.39 is 32.1 Å². The van der Waals surface area contributed by atoms with Gasteiger partial charge < -0.3 is 34.1 Å². The average molecular weight is 1650 g/mol. The third kappa shape index (κ3) is 44.6. The van der Waals surface area contributed by atoms with Gasteiger partial charge in [0.15, 0.2) is 9.84 Å². The molecule has 2 aromatic heterocycles. The Bertz CT molecular complexity index is 2850. The molecule has 646 valence electrons. The topological polar surface area (TPSA) is 176 Å². The number of rotatable bonds is 14. The first-order valence-corrected chi connectivity index (χ1v) is 47.6. The monoisotopic (exact) mass is 1650 g/mol. The standard InChI is InChI=1S/C14H8F3N3O2S2.C10H20N2.C8H18N2.C8H17N.C7H16N2.C7H15NO2S.C7H15NOS.C7H15NO.C7H15N.C6H13N.C2H6/c15-14(16,17)24-9-6-7-23-10(9)11(21)18-13-20-19-12(22-13)8-4-2-1-3-5-8;1-9(2)11-5-7-12(8-6-11)10-3-4-10;1-8(2)10-6-4-9(3)5-7-10;1-8(2)9-6-4-3-5-7-9;1-7(2)9-5-3-8-4-6-9;1-7(2)8-3-5-11(9,10)6-4-8;1-7(2)8-3-5-10(9)6-4-8;1-7(2)8-3-5-9-6-4-8;1-7(2)8-5-3-4-6-8;1-6(2)7-4-3-5-7;1-2/h1-7H,(H,18,20,21);9-10H,3-8H2,1-2H3;8H,4-7H2,1-3H3;8H,3-7H2,1-2H3;7-8H,3-6H2,1-2H3;7H,3-6H2,1-2H3;7H,3-6H2,1-2H3;7H,3-6H2,1-2H3;7H,3-6H2,1-2H3;6H,3-5H2,1-2H3;1-2H3. The van der Waals surface area contributed by atoms with Gasteiger partial charge in [-0.25, -0.2) is 8.42 Å². The maximum absolute atomic E-state index is 12.5. The molecule has 111 heavy (non-hydrogen) atoms. The van der Waals surface area contributed by atoms with Gasteiger partial charge in [0.2, 0.25) is 5.89 Å². The Labute approximate surface area is 685 Å². The Morgan fingerprint density at radius 1 is 0.514 bits per heavy atom. The molecule has 0 unspecified atom stereocenters. The van der Waals surface area contributed by atoms with Crippen LogP contribution in [0.3, 0.4) is 0 Å². The Balaban J connectivity index is 0.000000327. The lowest BCUT2D eigenvalue weighted by Gasteiger charge is -2.37. The van der Waals surface area contributed by atoms with Crippen molar-refractivity contribution in [2.24, 2.45) is 0 Å². The van der Waals surface area contributed by atoms with E-state index in [1.54, 1.807) is 24.3 Å². The van der Waals surface area contributed by atoms with Crippen molar-refractivity contribution in [3.63, 3.8) is 0 Å². The third-order valence-electron chi connectivity index (χ3n) is 21.5. The fourth-order valence-corrected chi connectivity index (χ4v) is 17.4. The van der Waals surface area contributed by atoms with Crippen LogP contribution in [0.1, 0.15) is 200 Å². The van der Waals surface area contributed by atoms with Gasteiger partial charge >= 0.3 is 11.5 Å². The van der Waals surface area contributed by atoms with E-state index in [1.165, 1.54) is 168 Å². The molecule has 10 fully saturated rings. The molecule has 28 heteroatoms. The van der Waals surface area contributed by atoms with Crippen LogP contribution >= 0.6 is 23.1 Å². The van der Waals surface area contributed by atoms with Crippen molar-refractivity contribution >= 4 is 55.7 Å². The molecule has 0 atom stereocenters. The van der Waals surface area contributed by atoms with E-state index in [2.05, 4.69) is 206 Å². The van der Waals surface area contributed by atoms with E-state index in [-0.39, 0.29) is 33.4 Å². The van der Waals surface area contributed by atoms with Crippen LogP contribution in [-0.4, -0.2) is 349 Å². The summed E-state index contributed by atoms with van der Waals surface area (Å²) in [7, 11) is -1.02. The number of hydrogen-bond acceptors (Lipinski definition) is 22. The number of halogens is 3. The number of sulfone groups is 1. The summed E-state index contributed by atoms with van der Waals surface area (Å²) in [6.07, 6.45) is 11.4. The highest BCUT2D eigenvalue weighted by molar-refractivity contribution is 8.00. The molecule has 2 N–H and O–H groups in total. The number of amides is 1. The van der Waals surface area contributed by atoms with Crippen LogP contribution in [0.25, 0.3) is 11.5 Å². The minimum Gasteiger partial charge on any atom is -0.403 e. The molecule has 1 amide bonds. The van der Waals surface area contributed by atoms with Crippen LogP contribution in [0.5, 0.6) is 0 Å². The fourth-order valence-electron chi connectivity index (χ4n) is 13.4. The zero-order chi connectivity index (χ0) is 82.6. The lowest BCUT2D eigenvalue weighted by atomic mass is 10.1. The van der Waals surface area contributed by atoms with E-state index in [4.69, 9.17) is 9.15 Å². The molecule has 1 aliphatic carbocycles. The summed E-state index contributed by atoms with van der Waals surface area (Å²) in [4.78, 5) is 39.1. The van der Waals surface area contributed by atoms with Crippen molar-refractivity contribution < 1.29 is 39.7 Å². The molecule has 0 spiro atoms. The number of nitrogens with zero attached hydrogens (tertiary/aromatic N) is 13. The summed E-state index contributed by atoms with van der Waals surface area (Å²) in [5, 5.41) is 14.5. The number of morpholine rings is 1. The van der Waals surface area contributed by atoms with Gasteiger partial charge in [-0.3, -0.25) is 48.6 Å². The van der Waals surface area contributed by atoms with E-state index in [1.807, 2.05) is 19.9 Å². The minimum atomic E-state index is -4.47. The summed E-state index contributed by atoms with van der Waals surface area (Å²) in [5.41, 5.74) is -3.81. The van der Waals surface area contributed by atoms with Crippen molar-refractivity contribution in [1.82, 2.24) is 69.4 Å². The third-order valence-corrected chi connectivity index (χ3v) is 26.2. The number of aromatic nitrogens is 2. The summed E-state index contributed by atoms with van der Waals surface area (Å²) in [5.74, 6) is 1.88. The van der Waals surface area contributed by atoms with Crippen LogP contribution in [-0.2, 0) is 25.4 Å². The highest BCUT2D eigenvalue weighted by Crippen LogP contribution is 2.40. The first kappa shape index (κ1) is 102. The number of likely N-dealkylation sites (N-methyl/N-ethyl adjacent to an activating group) is 1. The normalized spacial score (nSPS) is 21.1. The first-order valence-electron chi connectivity index (χ1n) is 42.6. The van der Waals surface area contributed by atoms with E-state index in [0.717, 1.165) is 118 Å². The van der Waals surface area contributed by atoms with Crippen molar-refractivity contribution in [3.8, 4) is 11.5 Å². The van der Waals surface area contributed by atoms with Gasteiger partial charge in [0.25, 0.3) is 5.91 Å². The molecule has 13 rings (SSSR count). The number of carbonyl (C=O) groups excluding carboxylic acids is 1. The van der Waals surface area contributed by atoms with Gasteiger partial charge in [0.05, 0.1) is 24.7 Å². The van der Waals surface area contributed by atoms with E-state index >= 15 is 0 Å². The van der Waals surface area contributed by atoms with Crippen LogP contribution in [0.15, 0.2) is 51.1 Å². The molecule has 10 aliphatic rings. The lowest BCUT2D eigenvalue weighted by molar-refractivity contribution is -0.0328. The molecule has 21 nitrogen and oxygen atoms in total. The van der Waals surface area contributed by atoms with Gasteiger partial charge in [0, 0.05) is 211 Å². The Hall–Kier alpha value is -2.75. The first-order chi connectivity index (χ1) is 52.6. The molecule has 0 bridgehead atoms. The van der Waals surface area contributed by atoms with E-state index in [0.29, 0.717) is 48.3 Å². The number of piperidine rings is 1. The number of thiophene rings is 1. The maximum atomic E-state index is 12.5. The van der Waals surface area contributed by atoms with Crippen LogP contribution in [0.4, 0.5) is 19.2 Å². The Morgan fingerprint density at radius 3 is 1.29 bits per heavy atom. The number of anilines is 1. The zero-order valence-electron chi connectivity index (χ0n) is 73.2. The second-order valence-electron chi connectivity index (χ2n) is 32.6. The molecule has 9 saturated heterocycles. The molecular weight excluding hydrogens is 1490 g/mol. The van der Waals surface area contributed by atoms with Gasteiger partial charge in [0.1, 0.15) is 4.88 Å². The highest BCUT2D eigenvalue weighted by atomic mass is 32.2. The number of hydrogen-bond donors (Lipinski definition) is 2. The molecule has 11 heterocycles. The summed E-state index contributed by atoms with van der Waals surface area (Å²) < 4.78 is 80.8. The van der Waals surface area contributed by atoms with Crippen LogP contribution in [0, 0.1) is 0 Å². The molecule has 0 radical (unpaired) electrons. The van der Waals surface area contributed by atoms with Crippen molar-refractivity contribution in [1.29, 1.82) is 0 Å². The number of piperazine rings is 3. The second-order valence-corrected chi connectivity index (χ2v) is 38.6. The quantitative estimate of drug-likeness (QED) is 0.146. The second kappa shape index (κ2) is 56.6. The number of thioether (sulfide) groups is 1. The van der Waals surface area contributed by atoms with E-state index in [9.17, 15) is 30.6 Å². The van der Waals surface area contributed by atoms with Crippen LogP contribution < -0.4 is 10.6 Å². The van der Waals surface area contributed by atoms with Crippen LogP contribution in [0.2, 0.25) is 0 Å². The predicted molar refractivity (Wildman–Crippen MR) is 466 cm³/mol. The molecule has 3 aromatic rings. The molecular formula is C83H158F3N15O6S4. The van der Waals surface area contributed by atoms with Gasteiger partial charge in [-0.1, -0.05) is 43.6 Å². The van der Waals surface area contributed by atoms with Crippen molar-refractivity contribution in [2.75, 3.05) is 206 Å². The van der Waals surface area contributed by atoms with Gasteiger partial charge in [-0.2, -0.15) is 13.2 Å². The largest absolute Gasteiger partial charge is 0.446 e. The summed E-state index contributed by atoms with van der Waals surface area (Å²) in [6.45, 7) is 74.7. The summed E-state index contributed by atoms with van der Waals surface area (Å²) >= 11 is 0.556. The smallest absolute Gasteiger partial charge is 0.403 e. The Morgan fingerprint density at radius 2 is 0.901 bits per heavy atom.